The number of carbonyl (C=O) groups is 2. The zero-order valence-electron chi connectivity index (χ0n) is 9.21. The molecule has 86 valence electrons. The number of Topliss-reactive ketones (excluding diaryl/α,β-unsaturated/α-hetero) is 2. The molecule has 5 heteroatoms. The molecule has 0 aliphatic heterocycles. The molecule has 0 bridgehead atoms. The van der Waals surface area contributed by atoms with Crippen LogP contribution in [0.2, 0.25) is 0 Å². The van der Waals surface area contributed by atoms with Crippen LogP contribution >= 0.6 is 11.3 Å². The molecule has 0 radical (unpaired) electrons. The Kier molecular flexibility index (Phi) is 3.39. The van der Waals surface area contributed by atoms with E-state index >= 15 is 0 Å². The second kappa shape index (κ2) is 4.97. The van der Waals surface area contributed by atoms with E-state index in [-0.39, 0.29) is 23.8 Å². The van der Waals surface area contributed by atoms with Crippen LogP contribution in [0, 0.1) is 6.92 Å². The van der Waals surface area contributed by atoms with E-state index in [0.29, 0.717) is 4.88 Å². The van der Waals surface area contributed by atoms with Crippen molar-refractivity contribution in [1.82, 2.24) is 9.97 Å². The van der Waals surface area contributed by atoms with E-state index in [1.807, 2.05) is 13.0 Å². The first-order valence-corrected chi connectivity index (χ1v) is 5.88. The molecule has 2 aromatic rings. The van der Waals surface area contributed by atoms with Crippen LogP contribution in [-0.2, 0) is 0 Å². The van der Waals surface area contributed by atoms with Gasteiger partial charge < -0.3 is 0 Å². The lowest BCUT2D eigenvalue weighted by molar-refractivity contribution is 0.0890. The topological polar surface area (TPSA) is 59.9 Å². The van der Waals surface area contributed by atoms with Crippen LogP contribution in [0.15, 0.2) is 30.6 Å². The summed E-state index contributed by atoms with van der Waals surface area (Å²) in [4.78, 5) is 32.8. The number of aryl methyl sites for hydroxylation is 1. The molecule has 0 atom stereocenters. The number of ketones is 2. The highest BCUT2D eigenvalue weighted by atomic mass is 32.1. The maximum absolute atomic E-state index is 11.8. The van der Waals surface area contributed by atoms with Crippen molar-refractivity contribution < 1.29 is 9.59 Å². The van der Waals surface area contributed by atoms with Crippen LogP contribution in [0.3, 0.4) is 0 Å². The zero-order valence-corrected chi connectivity index (χ0v) is 10.0. The fraction of sp³-hybridized carbons (Fsp3) is 0.167. The van der Waals surface area contributed by atoms with Crippen molar-refractivity contribution in [2.24, 2.45) is 0 Å². The smallest absolute Gasteiger partial charge is 0.207 e. The molecule has 0 amide bonds. The average molecular weight is 246 g/mol. The molecule has 2 aromatic heterocycles. The molecule has 0 saturated heterocycles. The first-order valence-electron chi connectivity index (χ1n) is 5.06. The molecule has 2 heterocycles. The fourth-order valence-electron chi connectivity index (χ4n) is 1.34. The molecule has 0 aliphatic rings. The van der Waals surface area contributed by atoms with E-state index in [9.17, 15) is 9.59 Å². The monoisotopic (exact) mass is 246 g/mol. The summed E-state index contributed by atoms with van der Waals surface area (Å²) in [7, 11) is 0. The Balaban J connectivity index is 2.07. The largest absolute Gasteiger partial charge is 0.293 e. The minimum atomic E-state index is -0.346. The molecular formula is C12H10N2O2S. The van der Waals surface area contributed by atoms with Gasteiger partial charge in [0.25, 0.3) is 0 Å². The van der Waals surface area contributed by atoms with Gasteiger partial charge >= 0.3 is 0 Å². The van der Waals surface area contributed by atoms with Crippen LogP contribution in [0.4, 0.5) is 0 Å². The van der Waals surface area contributed by atoms with Crippen molar-refractivity contribution >= 4 is 22.9 Å². The van der Waals surface area contributed by atoms with Gasteiger partial charge in [-0.1, -0.05) is 0 Å². The Labute approximate surface area is 102 Å². The molecule has 4 nitrogen and oxygen atoms in total. The van der Waals surface area contributed by atoms with Crippen molar-refractivity contribution in [3.63, 3.8) is 0 Å². The predicted octanol–water partition coefficient (Wildman–Crippen LogP) is 2.30. The summed E-state index contributed by atoms with van der Waals surface area (Å²) in [5, 5.41) is 0. The highest BCUT2D eigenvalue weighted by Gasteiger charge is 2.16. The number of thiophene rings is 1. The van der Waals surface area contributed by atoms with Crippen molar-refractivity contribution in [3.05, 3.63) is 46.2 Å². The predicted molar refractivity (Wildman–Crippen MR) is 64.4 cm³/mol. The van der Waals surface area contributed by atoms with Crippen LogP contribution in [0.25, 0.3) is 0 Å². The second-order valence-electron chi connectivity index (χ2n) is 3.51. The Morgan fingerprint density at radius 1 is 1.18 bits per heavy atom. The summed E-state index contributed by atoms with van der Waals surface area (Å²) in [6.45, 7) is 1.92. The fourth-order valence-corrected chi connectivity index (χ4v) is 2.14. The van der Waals surface area contributed by atoms with E-state index in [0.717, 1.165) is 4.88 Å². The molecule has 0 unspecified atom stereocenters. The number of nitrogens with zero attached hydrogens (tertiary/aromatic N) is 2. The summed E-state index contributed by atoms with van der Waals surface area (Å²) in [5.74, 6) is -0.434. The van der Waals surface area contributed by atoms with Gasteiger partial charge in [0.2, 0.25) is 5.78 Å². The van der Waals surface area contributed by atoms with Crippen LogP contribution in [0.5, 0.6) is 0 Å². The third kappa shape index (κ3) is 2.82. The third-order valence-corrected chi connectivity index (χ3v) is 3.19. The van der Waals surface area contributed by atoms with Gasteiger partial charge in [-0.3, -0.25) is 9.59 Å². The van der Waals surface area contributed by atoms with Gasteiger partial charge in [-0.15, -0.1) is 11.3 Å². The van der Waals surface area contributed by atoms with E-state index in [1.54, 1.807) is 12.1 Å². The van der Waals surface area contributed by atoms with Gasteiger partial charge in [-0.05, 0) is 25.1 Å². The minimum absolute atomic E-state index is 0.0918. The Bertz CT molecular complexity index is 549. The first-order chi connectivity index (χ1) is 8.16. The van der Waals surface area contributed by atoms with Crippen molar-refractivity contribution in [2.75, 3.05) is 0 Å². The molecule has 2 rings (SSSR count). The average Bonchev–Trinajstić information content (AvgIpc) is 2.77. The number of rotatable bonds is 4. The number of carbonyl (C=O) groups excluding carboxylic acids is 2. The normalized spacial score (nSPS) is 10.2. The van der Waals surface area contributed by atoms with Gasteiger partial charge in [-0.2, -0.15) is 0 Å². The summed E-state index contributed by atoms with van der Waals surface area (Å²) in [6.07, 6.45) is 2.80. The summed E-state index contributed by atoms with van der Waals surface area (Å²) in [5.41, 5.74) is 0. The third-order valence-electron chi connectivity index (χ3n) is 2.15. The molecule has 17 heavy (non-hydrogen) atoms. The maximum atomic E-state index is 11.8. The van der Waals surface area contributed by atoms with Gasteiger partial charge in [0.05, 0.1) is 11.3 Å². The maximum Gasteiger partial charge on any atom is 0.207 e. The molecule has 0 N–H and O–H groups in total. The number of hydrogen-bond donors (Lipinski definition) is 0. The highest BCUT2D eigenvalue weighted by Crippen LogP contribution is 2.17. The summed E-state index contributed by atoms with van der Waals surface area (Å²) >= 11 is 1.39. The number of hydrogen-bond acceptors (Lipinski definition) is 5. The Morgan fingerprint density at radius 3 is 2.47 bits per heavy atom. The van der Waals surface area contributed by atoms with Crippen LogP contribution < -0.4 is 0 Å². The lowest BCUT2D eigenvalue weighted by atomic mass is 10.1. The quantitative estimate of drug-likeness (QED) is 0.613. The molecule has 0 spiro atoms. The van der Waals surface area contributed by atoms with Crippen molar-refractivity contribution in [2.45, 2.75) is 13.3 Å². The van der Waals surface area contributed by atoms with E-state index in [4.69, 9.17) is 0 Å². The number of aromatic nitrogens is 2. The zero-order chi connectivity index (χ0) is 12.3. The summed E-state index contributed by atoms with van der Waals surface area (Å²) < 4.78 is 0. The Morgan fingerprint density at radius 2 is 1.88 bits per heavy atom. The second-order valence-corrected chi connectivity index (χ2v) is 4.79. The molecule has 0 aromatic carbocycles. The lowest BCUT2D eigenvalue weighted by Crippen LogP contribution is -2.10. The minimum Gasteiger partial charge on any atom is -0.293 e. The van der Waals surface area contributed by atoms with Crippen molar-refractivity contribution in [1.29, 1.82) is 0 Å². The van der Waals surface area contributed by atoms with E-state index < -0.39 is 0 Å². The van der Waals surface area contributed by atoms with E-state index in [2.05, 4.69) is 9.97 Å². The Hall–Kier alpha value is -1.88. The molecule has 0 fully saturated rings. The van der Waals surface area contributed by atoms with Gasteiger partial charge in [-0.25, -0.2) is 9.97 Å². The standard InChI is InChI=1S/C12H10N2O2S/c1-8-3-4-11(17-8)9(15)7-10(16)12-13-5-2-6-14-12/h2-6H,7H2,1H3. The van der Waals surface area contributed by atoms with Crippen molar-refractivity contribution in [3.8, 4) is 0 Å². The van der Waals surface area contributed by atoms with Gasteiger partial charge in [0.1, 0.15) is 0 Å². The van der Waals surface area contributed by atoms with E-state index in [1.165, 1.54) is 23.7 Å². The van der Waals surface area contributed by atoms with Crippen LogP contribution in [-0.4, -0.2) is 21.5 Å². The SMILES string of the molecule is Cc1ccc(C(=O)CC(=O)c2ncccn2)s1. The highest BCUT2D eigenvalue weighted by molar-refractivity contribution is 7.14. The molecule has 0 aliphatic carbocycles. The van der Waals surface area contributed by atoms with Gasteiger partial charge in [0, 0.05) is 17.3 Å². The molecule has 0 saturated carbocycles. The lowest BCUT2D eigenvalue weighted by Gasteiger charge is -1.97. The van der Waals surface area contributed by atoms with Gasteiger partial charge in [0.15, 0.2) is 11.6 Å². The summed E-state index contributed by atoms with van der Waals surface area (Å²) in [6, 6.07) is 5.23. The molecular weight excluding hydrogens is 236 g/mol. The first kappa shape index (κ1) is 11.6. The van der Waals surface area contributed by atoms with Crippen LogP contribution in [0.1, 0.15) is 31.6 Å².